The number of phenolic OH excluding ortho intramolecular Hbond substituents is 1. The standard InChI is InChI=1S/C15H22N2O2/c1-10(2)15(6-7-16-9-15)14(19)17-12-8-11(3)4-5-13(12)18/h4-5,8,10,16,18H,6-7,9H2,1-3H3,(H,17,19). The minimum atomic E-state index is -0.379. The molecule has 1 aliphatic heterocycles. The Morgan fingerprint density at radius 3 is 2.79 bits per heavy atom. The van der Waals surface area contributed by atoms with Crippen LogP contribution in [0.15, 0.2) is 18.2 Å². The van der Waals surface area contributed by atoms with Gasteiger partial charge in [-0.25, -0.2) is 0 Å². The Hall–Kier alpha value is -1.55. The smallest absolute Gasteiger partial charge is 0.232 e. The first-order valence-corrected chi connectivity index (χ1v) is 6.77. The molecule has 4 heteroatoms. The van der Waals surface area contributed by atoms with E-state index < -0.39 is 0 Å². The van der Waals surface area contributed by atoms with Crippen LogP contribution in [0, 0.1) is 18.3 Å². The lowest BCUT2D eigenvalue weighted by molar-refractivity contribution is -0.126. The third kappa shape index (κ3) is 2.59. The van der Waals surface area contributed by atoms with Crippen LogP contribution >= 0.6 is 0 Å². The molecule has 3 N–H and O–H groups in total. The van der Waals surface area contributed by atoms with Gasteiger partial charge in [0.2, 0.25) is 5.91 Å². The number of amides is 1. The van der Waals surface area contributed by atoms with Crippen molar-refractivity contribution in [2.75, 3.05) is 18.4 Å². The number of carbonyl (C=O) groups excluding carboxylic acids is 1. The molecule has 0 saturated carbocycles. The van der Waals surface area contributed by atoms with E-state index in [1.165, 1.54) is 0 Å². The second kappa shape index (κ2) is 5.21. The summed E-state index contributed by atoms with van der Waals surface area (Å²) in [5.74, 6) is 0.367. The van der Waals surface area contributed by atoms with Gasteiger partial charge < -0.3 is 15.7 Å². The minimum Gasteiger partial charge on any atom is -0.506 e. The van der Waals surface area contributed by atoms with Crippen molar-refractivity contribution in [2.45, 2.75) is 27.2 Å². The first-order chi connectivity index (χ1) is 8.95. The summed E-state index contributed by atoms with van der Waals surface area (Å²) in [5.41, 5.74) is 1.13. The summed E-state index contributed by atoms with van der Waals surface area (Å²) in [6.45, 7) is 7.64. The third-order valence-corrected chi connectivity index (χ3v) is 4.15. The third-order valence-electron chi connectivity index (χ3n) is 4.15. The van der Waals surface area contributed by atoms with E-state index >= 15 is 0 Å². The molecule has 1 atom stereocenters. The highest BCUT2D eigenvalue weighted by Gasteiger charge is 2.44. The quantitative estimate of drug-likeness (QED) is 0.732. The predicted octanol–water partition coefficient (Wildman–Crippen LogP) is 2.27. The number of aromatic hydroxyl groups is 1. The van der Waals surface area contributed by atoms with Crippen LogP contribution in [0.4, 0.5) is 5.69 Å². The fourth-order valence-electron chi connectivity index (χ4n) is 2.66. The van der Waals surface area contributed by atoms with Crippen molar-refractivity contribution in [1.29, 1.82) is 0 Å². The van der Waals surface area contributed by atoms with E-state index in [2.05, 4.69) is 24.5 Å². The molecule has 2 rings (SSSR count). The zero-order chi connectivity index (χ0) is 14.0. The molecule has 19 heavy (non-hydrogen) atoms. The van der Waals surface area contributed by atoms with E-state index in [1.807, 2.05) is 13.0 Å². The molecule has 1 aromatic rings. The molecule has 4 nitrogen and oxygen atoms in total. The number of rotatable bonds is 3. The molecule has 104 valence electrons. The molecule has 0 bridgehead atoms. The second-order valence-electron chi connectivity index (χ2n) is 5.71. The van der Waals surface area contributed by atoms with Crippen molar-refractivity contribution >= 4 is 11.6 Å². The molecule has 1 aromatic carbocycles. The molecule has 0 aromatic heterocycles. The van der Waals surface area contributed by atoms with Gasteiger partial charge in [-0.3, -0.25) is 4.79 Å². The summed E-state index contributed by atoms with van der Waals surface area (Å²) in [7, 11) is 0. The summed E-state index contributed by atoms with van der Waals surface area (Å²) in [4.78, 5) is 12.6. The van der Waals surface area contributed by atoms with E-state index in [0.717, 1.165) is 18.5 Å². The van der Waals surface area contributed by atoms with E-state index in [1.54, 1.807) is 12.1 Å². The molecule has 1 fully saturated rings. The number of benzene rings is 1. The molecule has 1 saturated heterocycles. The number of hydrogen-bond acceptors (Lipinski definition) is 3. The Balaban J connectivity index is 2.22. The van der Waals surface area contributed by atoms with E-state index in [0.29, 0.717) is 12.2 Å². The first-order valence-electron chi connectivity index (χ1n) is 6.77. The molecular weight excluding hydrogens is 240 g/mol. The Morgan fingerprint density at radius 2 is 2.21 bits per heavy atom. The van der Waals surface area contributed by atoms with E-state index in [4.69, 9.17) is 0 Å². The van der Waals surface area contributed by atoms with Gasteiger partial charge in [-0.15, -0.1) is 0 Å². The van der Waals surface area contributed by atoms with Gasteiger partial charge in [-0.1, -0.05) is 19.9 Å². The molecular formula is C15H22N2O2. The number of anilines is 1. The lowest BCUT2D eigenvalue weighted by Gasteiger charge is -2.31. The van der Waals surface area contributed by atoms with Crippen LogP contribution < -0.4 is 10.6 Å². The minimum absolute atomic E-state index is 0.00611. The molecule has 0 radical (unpaired) electrons. The van der Waals surface area contributed by atoms with Crippen LogP contribution in [-0.4, -0.2) is 24.1 Å². The molecule has 0 spiro atoms. The average Bonchev–Trinajstić information content (AvgIpc) is 2.84. The van der Waals surface area contributed by atoms with Gasteiger partial charge in [-0.05, 0) is 43.5 Å². The molecule has 0 aliphatic carbocycles. The number of hydrogen-bond donors (Lipinski definition) is 3. The number of carbonyl (C=O) groups is 1. The van der Waals surface area contributed by atoms with Gasteiger partial charge in [-0.2, -0.15) is 0 Å². The van der Waals surface area contributed by atoms with Crippen LogP contribution in [0.1, 0.15) is 25.8 Å². The molecule has 1 unspecified atom stereocenters. The Kier molecular flexibility index (Phi) is 3.80. The lowest BCUT2D eigenvalue weighted by atomic mass is 9.75. The molecule has 1 amide bonds. The van der Waals surface area contributed by atoms with Gasteiger partial charge >= 0.3 is 0 Å². The van der Waals surface area contributed by atoms with Crippen molar-refractivity contribution in [3.05, 3.63) is 23.8 Å². The van der Waals surface area contributed by atoms with Crippen molar-refractivity contribution in [1.82, 2.24) is 5.32 Å². The van der Waals surface area contributed by atoms with Crippen molar-refractivity contribution < 1.29 is 9.90 Å². The van der Waals surface area contributed by atoms with Crippen LogP contribution in [0.5, 0.6) is 5.75 Å². The van der Waals surface area contributed by atoms with Crippen molar-refractivity contribution in [3.63, 3.8) is 0 Å². The highest BCUT2D eigenvalue weighted by atomic mass is 16.3. The van der Waals surface area contributed by atoms with Gasteiger partial charge in [0.15, 0.2) is 0 Å². The predicted molar refractivity (Wildman–Crippen MR) is 76.2 cm³/mol. The maximum Gasteiger partial charge on any atom is 0.232 e. The Bertz CT molecular complexity index is 477. The monoisotopic (exact) mass is 262 g/mol. The number of phenols is 1. The van der Waals surface area contributed by atoms with Gasteiger partial charge in [0.25, 0.3) is 0 Å². The fraction of sp³-hybridized carbons (Fsp3) is 0.533. The SMILES string of the molecule is Cc1ccc(O)c(NC(=O)C2(C(C)C)CCNC2)c1. The van der Waals surface area contributed by atoms with Crippen LogP contribution in [0.2, 0.25) is 0 Å². The molecule has 1 aliphatic rings. The zero-order valence-electron chi connectivity index (χ0n) is 11.8. The van der Waals surface area contributed by atoms with Gasteiger partial charge in [0, 0.05) is 6.54 Å². The van der Waals surface area contributed by atoms with E-state index in [-0.39, 0.29) is 23.0 Å². The Labute approximate surface area is 114 Å². The van der Waals surface area contributed by atoms with Gasteiger partial charge in [0.05, 0.1) is 11.1 Å². The summed E-state index contributed by atoms with van der Waals surface area (Å²) >= 11 is 0. The summed E-state index contributed by atoms with van der Waals surface area (Å²) in [6, 6.07) is 5.23. The number of aryl methyl sites for hydroxylation is 1. The second-order valence-corrected chi connectivity index (χ2v) is 5.71. The topological polar surface area (TPSA) is 61.4 Å². The van der Waals surface area contributed by atoms with Crippen LogP contribution in [0.25, 0.3) is 0 Å². The van der Waals surface area contributed by atoms with Crippen molar-refractivity contribution in [3.8, 4) is 5.75 Å². The van der Waals surface area contributed by atoms with Crippen LogP contribution in [-0.2, 0) is 4.79 Å². The first kappa shape index (κ1) is 13.9. The zero-order valence-corrected chi connectivity index (χ0v) is 11.8. The van der Waals surface area contributed by atoms with E-state index in [9.17, 15) is 9.90 Å². The molecule has 1 heterocycles. The van der Waals surface area contributed by atoms with Crippen LogP contribution in [0.3, 0.4) is 0 Å². The normalized spacial score (nSPS) is 22.7. The lowest BCUT2D eigenvalue weighted by Crippen LogP contribution is -2.42. The summed E-state index contributed by atoms with van der Waals surface area (Å²) < 4.78 is 0. The number of nitrogens with one attached hydrogen (secondary N) is 2. The average molecular weight is 262 g/mol. The largest absolute Gasteiger partial charge is 0.506 e. The maximum absolute atomic E-state index is 12.6. The van der Waals surface area contributed by atoms with Crippen molar-refractivity contribution in [2.24, 2.45) is 11.3 Å². The highest BCUT2D eigenvalue weighted by Crippen LogP contribution is 2.36. The summed E-state index contributed by atoms with van der Waals surface area (Å²) in [6.07, 6.45) is 0.836. The highest BCUT2D eigenvalue weighted by molar-refractivity contribution is 5.97. The maximum atomic E-state index is 12.6. The Morgan fingerprint density at radius 1 is 1.47 bits per heavy atom. The fourth-order valence-corrected chi connectivity index (χ4v) is 2.66. The summed E-state index contributed by atoms with van der Waals surface area (Å²) in [5, 5.41) is 16.0. The van der Waals surface area contributed by atoms with Gasteiger partial charge in [0.1, 0.15) is 5.75 Å².